The second-order valence-corrected chi connectivity index (χ2v) is 2.82. The minimum absolute atomic E-state index is 0.132. The van der Waals surface area contributed by atoms with Gasteiger partial charge in [-0.3, -0.25) is 0 Å². The average Bonchev–Trinajstić information content (AvgIpc) is 2.68. The Labute approximate surface area is 87.7 Å². The quantitative estimate of drug-likeness (QED) is 0.795. The van der Waals surface area contributed by atoms with Gasteiger partial charge in [0.25, 0.3) is 0 Å². The second-order valence-electron chi connectivity index (χ2n) is 2.82. The van der Waals surface area contributed by atoms with E-state index in [1.165, 1.54) is 24.3 Å². The van der Waals surface area contributed by atoms with Crippen molar-refractivity contribution in [3.05, 3.63) is 30.7 Å². The molecule has 0 fully saturated rings. The Balaban J connectivity index is 2.27. The minimum atomic E-state index is -4.71. The molecule has 0 radical (unpaired) electrons. The Morgan fingerprint density at radius 2 is 2.06 bits per heavy atom. The molecule has 0 spiro atoms. The standard InChI is InChI=1S/C9H5F3N2O2/c10-9(11,12)16-7-3-1-2-6(4-7)8-14-13-5-15-8/h1-5H. The van der Waals surface area contributed by atoms with Crippen LogP contribution >= 0.6 is 0 Å². The van der Waals surface area contributed by atoms with Gasteiger partial charge in [0.15, 0.2) is 0 Å². The molecular formula is C9H5F3N2O2. The van der Waals surface area contributed by atoms with Crippen molar-refractivity contribution < 1.29 is 22.3 Å². The number of alkyl halides is 3. The van der Waals surface area contributed by atoms with Crippen LogP contribution in [0.15, 0.2) is 35.1 Å². The van der Waals surface area contributed by atoms with Crippen LogP contribution in [0.5, 0.6) is 5.75 Å². The number of hydrogen-bond donors (Lipinski definition) is 0. The first-order valence-corrected chi connectivity index (χ1v) is 4.17. The van der Waals surface area contributed by atoms with Crippen LogP contribution in [-0.2, 0) is 0 Å². The van der Waals surface area contributed by atoms with E-state index in [4.69, 9.17) is 4.42 Å². The summed E-state index contributed by atoms with van der Waals surface area (Å²) in [4.78, 5) is 0. The highest BCUT2D eigenvalue weighted by Crippen LogP contribution is 2.26. The Bertz CT molecular complexity index is 468. The predicted octanol–water partition coefficient (Wildman–Crippen LogP) is 2.64. The van der Waals surface area contributed by atoms with E-state index >= 15 is 0 Å². The molecule has 0 saturated heterocycles. The lowest BCUT2D eigenvalue weighted by molar-refractivity contribution is -0.274. The molecule has 16 heavy (non-hydrogen) atoms. The smallest absolute Gasteiger partial charge is 0.423 e. The average molecular weight is 230 g/mol. The maximum Gasteiger partial charge on any atom is 0.573 e. The summed E-state index contributed by atoms with van der Waals surface area (Å²) in [5.74, 6) is -0.198. The second kappa shape index (κ2) is 3.84. The summed E-state index contributed by atoms with van der Waals surface area (Å²) in [5, 5.41) is 6.99. The van der Waals surface area contributed by atoms with Crippen molar-refractivity contribution in [2.75, 3.05) is 0 Å². The Kier molecular flexibility index (Phi) is 2.51. The van der Waals surface area contributed by atoms with E-state index in [0.29, 0.717) is 5.56 Å². The topological polar surface area (TPSA) is 48.2 Å². The summed E-state index contributed by atoms with van der Waals surface area (Å²) in [7, 11) is 0. The number of rotatable bonds is 2. The SMILES string of the molecule is FC(F)(F)Oc1cccc(-c2nnco2)c1. The summed E-state index contributed by atoms with van der Waals surface area (Å²) in [6.07, 6.45) is -3.62. The molecule has 0 saturated carbocycles. The molecule has 0 atom stereocenters. The van der Waals surface area contributed by atoms with Gasteiger partial charge in [-0.1, -0.05) is 6.07 Å². The fraction of sp³-hybridized carbons (Fsp3) is 0.111. The molecule has 2 aromatic rings. The lowest BCUT2D eigenvalue weighted by Crippen LogP contribution is -2.17. The fourth-order valence-corrected chi connectivity index (χ4v) is 1.13. The third-order valence-corrected chi connectivity index (χ3v) is 1.67. The van der Waals surface area contributed by atoms with Gasteiger partial charge in [0, 0.05) is 5.56 Å². The summed E-state index contributed by atoms with van der Waals surface area (Å²) in [6, 6.07) is 5.30. The molecule has 1 aromatic carbocycles. The first kappa shape index (κ1) is 10.5. The molecule has 0 amide bonds. The molecule has 1 aromatic heterocycles. The highest BCUT2D eigenvalue weighted by molar-refractivity contribution is 5.55. The van der Waals surface area contributed by atoms with Crippen LogP contribution in [0.1, 0.15) is 0 Å². The number of nitrogens with zero attached hydrogens (tertiary/aromatic N) is 2. The van der Waals surface area contributed by atoms with E-state index in [1.54, 1.807) is 0 Å². The van der Waals surface area contributed by atoms with Crippen molar-refractivity contribution in [1.82, 2.24) is 10.2 Å². The van der Waals surface area contributed by atoms with Gasteiger partial charge < -0.3 is 9.15 Å². The first-order valence-electron chi connectivity index (χ1n) is 4.17. The van der Waals surface area contributed by atoms with Gasteiger partial charge in [0.05, 0.1) is 0 Å². The molecule has 2 rings (SSSR count). The fourth-order valence-electron chi connectivity index (χ4n) is 1.13. The van der Waals surface area contributed by atoms with Crippen LogP contribution in [0.4, 0.5) is 13.2 Å². The van der Waals surface area contributed by atoms with Gasteiger partial charge in [0.1, 0.15) is 5.75 Å². The predicted molar refractivity (Wildman–Crippen MR) is 46.4 cm³/mol. The zero-order valence-corrected chi connectivity index (χ0v) is 7.73. The number of aromatic nitrogens is 2. The summed E-state index contributed by atoms with van der Waals surface area (Å²) in [5.41, 5.74) is 0.360. The van der Waals surface area contributed by atoms with Crippen molar-refractivity contribution >= 4 is 0 Å². The molecule has 0 aliphatic rings. The van der Waals surface area contributed by atoms with Crippen LogP contribution < -0.4 is 4.74 Å². The largest absolute Gasteiger partial charge is 0.573 e. The van der Waals surface area contributed by atoms with E-state index < -0.39 is 6.36 Å². The van der Waals surface area contributed by atoms with E-state index in [1.807, 2.05) is 0 Å². The van der Waals surface area contributed by atoms with Crippen LogP contribution in [-0.4, -0.2) is 16.6 Å². The van der Waals surface area contributed by atoms with E-state index in [0.717, 1.165) is 6.39 Å². The van der Waals surface area contributed by atoms with Crippen molar-refractivity contribution in [3.8, 4) is 17.2 Å². The zero-order chi connectivity index (χ0) is 11.6. The monoisotopic (exact) mass is 230 g/mol. The Morgan fingerprint density at radius 1 is 1.25 bits per heavy atom. The lowest BCUT2D eigenvalue weighted by atomic mass is 10.2. The third kappa shape index (κ3) is 2.50. The van der Waals surface area contributed by atoms with Crippen LogP contribution in [0.2, 0.25) is 0 Å². The van der Waals surface area contributed by atoms with Crippen LogP contribution in [0.3, 0.4) is 0 Å². The van der Waals surface area contributed by atoms with Crippen LogP contribution in [0.25, 0.3) is 11.5 Å². The van der Waals surface area contributed by atoms with Crippen molar-refractivity contribution in [3.63, 3.8) is 0 Å². The Hall–Kier alpha value is -2.05. The molecule has 0 unspecified atom stereocenters. The summed E-state index contributed by atoms with van der Waals surface area (Å²) >= 11 is 0. The van der Waals surface area contributed by atoms with Gasteiger partial charge in [-0.2, -0.15) is 0 Å². The summed E-state index contributed by atoms with van der Waals surface area (Å²) in [6.45, 7) is 0. The summed E-state index contributed by atoms with van der Waals surface area (Å²) < 4.78 is 44.4. The number of halogens is 3. The van der Waals surface area contributed by atoms with E-state index in [-0.39, 0.29) is 11.6 Å². The van der Waals surface area contributed by atoms with Crippen molar-refractivity contribution in [1.29, 1.82) is 0 Å². The molecular weight excluding hydrogens is 225 g/mol. The number of benzene rings is 1. The van der Waals surface area contributed by atoms with Crippen molar-refractivity contribution in [2.24, 2.45) is 0 Å². The van der Waals surface area contributed by atoms with Gasteiger partial charge in [-0.15, -0.1) is 23.4 Å². The molecule has 0 aliphatic carbocycles. The molecule has 84 valence electrons. The van der Waals surface area contributed by atoms with Gasteiger partial charge >= 0.3 is 6.36 Å². The van der Waals surface area contributed by atoms with Gasteiger partial charge in [0.2, 0.25) is 12.3 Å². The van der Waals surface area contributed by atoms with E-state index in [9.17, 15) is 13.2 Å². The zero-order valence-electron chi connectivity index (χ0n) is 7.73. The Morgan fingerprint density at radius 3 is 2.69 bits per heavy atom. The van der Waals surface area contributed by atoms with Gasteiger partial charge in [-0.25, -0.2) is 0 Å². The molecule has 0 N–H and O–H groups in total. The maximum atomic E-state index is 11.9. The third-order valence-electron chi connectivity index (χ3n) is 1.67. The first-order chi connectivity index (χ1) is 7.54. The molecule has 0 bridgehead atoms. The molecule has 1 heterocycles. The van der Waals surface area contributed by atoms with Crippen LogP contribution in [0, 0.1) is 0 Å². The van der Waals surface area contributed by atoms with Gasteiger partial charge in [-0.05, 0) is 18.2 Å². The highest BCUT2D eigenvalue weighted by Gasteiger charge is 2.31. The molecule has 0 aliphatic heterocycles. The highest BCUT2D eigenvalue weighted by atomic mass is 19.4. The number of ether oxygens (including phenoxy) is 1. The number of hydrogen-bond acceptors (Lipinski definition) is 4. The lowest BCUT2D eigenvalue weighted by Gasteiger charge is -2.08. The molecule has 4 nitrogen and oxygen atoms in total. The maximum absolute atomic E-state index is 11.9. The normalized spacial score (nSPS) is 11.4. The minimum Gasteiger partial charge on any atom is -0.423 e. The van der Waals surface area contributed by atoms with Crippen molar-refractivity contribution in [2.45, 2.75) is 6.36 Å². The van der Waals surface area contributed by atoms with E-state index in [2.05, 4.69) is 14.9 Å². The molecule has 7 heteroatoms.